The van der Waals surface area contributed by atoms with Gasteiger partial charge in [-0.3, -0.25) is 0 Å². The molecule has 5 aromatic heterocycles. The van der Waals surface area contributed by atoms with Gasteiger partial charge in [0.15, 0.2) is 0 Å². The fraction of sp³-hybridized carbons (Fsp3) is 0. The SMILES string of the molecule is c1ccc(N(c2ccccc2)c2ccc3c4c5c6cc7oc8ccccc8c7cc6n6c7ccccc7c(cc4n4c7ccccc7c2c34)c56)cc1. The van der Waals surface area contributed by atoms with E-state index in [-0.39, 0.29) is 0 Å². The molecule has 0 saturated heterocycles. The van der Waals surface area contributed by atoms with Crippen LogP contribution in [-0.2, 0) is 0 Å². The summed E-state index contributed by atoms with van der Waals surface area (Å²) in [5.74, 6) is 0. The van der Waals surface area contributed by atoms with Gasteiger partial charge in [-0.1, -0.05) is 97.1 Å². The van der Waals surface area contributed by atoms with Crippen molar-refractivity contribution in [3.05, 3.63) is 164 Å². The first-order chi connectivity index (χ1) is 25.8. The van der Waals surface area contributed by atoms with Crippen LogP contribution in [0.1, 0.15) is 0 Å². The van der Waals surface area contributed by atoms with Gasteiger partial charge < -0.3 is 18.1 Å². The van der Waals surface area contributed by atoms with Crippen molar-refractivity contribution in [1.29, 1.82) is 0 Å². The molecule has 0 spiro atoms. The number of furan rings is 1. The van der Waals surface area contributed by atoms with Crippen LogP contribution in [0.2, 0.25) is 0 Å². The molecule has 4 nitrogen and oxygen atoms in total. The van der Waals surface area contributed by atoms with Gasteiger partial charge in [0.25, 0.3) is 0 Å². The van der Waals surface area contributed by atoms with E-state index in [0.29, 0.717) is 0 Å². The predicted molar refractivity (Wildman–Crippen MR) is 218 cm³/mol. The minimum atomic E-state index is 0.920. The number of hydrogen-bond acceptors (Lipinski definition) is 2. The number of anilines is 3. The molecular weight excluding hydrogens is 635 g/mol. The lowest BCUT2D eigenvalue weighted by Gasteiger charge is -2.26. The van der Waals surface area contributed by atoms with Gasteiger partial charge >= 0.3 is 0 Å². The molecule has 8 aromatic carbocycles. The second kappa shape index (κ2) is 9.39. The highest BCUT2D eigenvalue weighted by molar-refractivity contribution is 6.39. The van der Waals surface area contributed by atoms with E-state index in [1.807, 2.05) is 6.07 Å². The third-order valence-corrected chi connectivity index (χ3v) is 11.5. The second-order valence-corrected chi connectivity index (χ2v) is 14.1. The summed E-state index contributed by atoms with van der Waals surface area (Å²) >= 11 is 0. The Kier molecular flexibility index (Phi) is 4.83. The Labute approximate surface area is 296 Å². The average molecular weight is 662 g/mol. The molecule has 0 atom stereocenters. The standard InChI is InChI=1S/C48H27N3O/c1-3-13-28(14-4-1)49(29-15-5-2-6-16-29)39-24-23-33-44-41(51-38-21-11-8-19-32(38)45(39)47(33)51)26-35-30-17-7-10-20-37(30)50-40-25-34-31-18-9-12-22-42(31)52-43(34)27-36(40)46(44)48(35)50/h1-27H. The molecule has 0 saturated carbocycles. The van der Waals surface area contributed by atoms with Gasteiger partial charge in [-0.25, -0.2) is 0 Å². The van der Waals surface area contributed by atoms with E-state index in [4.69, 9.17) is 4.42 Å². The summed E-state index contributed by atoms with van der Waals surface area (Å²) in [6.07, 6.45) is 0. The zero-order chi connectivity index (χ0) is 33.7. The number of aromatic nitrogens is 2. The van der Waals surface area contributed by atoms with Gasteiger partial charge in [-0.15, -0.1) is 0 Å². The summed E-state index contributed by atoms with van der Waals surface area (Å²) in [7, 11) is 0. The first kappa shape index (κ1) is 26.8. The highest BCUT2D eigenvalue weighted by Gasteiger charge is 2.28. The third kappa shape index (κ3) is 3.15. The molecule has 0 N–H and O–H groups in total. The molecule has 0 radical (unpaired) electrons. The van der Waals surface area contributed by atoms with Gasteiger partial charge in [0.1, 0.15) is 11.2 Å². The molecule has 13 rings (SSSR count). The van der Waals surface area contributed by atoms with E-state index < -0.39 is 0 Å². The largest absolute Gasteiger partial charge is 0.456 e. The van der Waals surface area contributed by atoms with Crippen LogP contribution < -0.4 is 4.90 Å². The molecular formula is C48H27N3O. The molecule has 0 aliphatic rings. The van der Waals surface area contributed by atoms with Crippen LogP contribution in [0.25, 0.3) is 98.1 Å². The maximum Gasteiger partial charge on any atom is 0.136 e. The average Bonchev–Trinajstić information content (AvgIpc) is 3.99. The molecule has 240 valence electrons. The highest BCUT2D eigenvalue weighted by atomic mass is 16.3. The lowest BCUT2D eigenvalue weighted by Crippen LogP contribution is -2.10. The molecule has 52 heavy (non-hydrogen) atoms. The highest BCUT2D eigenvalue weighted by Crippen LogP contribution is 2.52. The molecule has 0 aliphatic heterocycles. The van der Waals surface area contributed by atoms with E-state index in [0.717, 1.165) is 33.3 Å². The molecule has 4 heteroatoms. The minimum absolute atomic E-state index is 0.920. The van der Waals surface area contributed by atoms with Crippen molar-refractivity contribution in [3.8, 4) is 0 Å². The summed E-state index contributed by atoms with van der Waals surface area (Å²) < 4.78 is 11.6. The van der Waals surface area contributed by atoms with Gasteiger partial charge in [-0.05, 0) is 66.7 Å². The molecule has 13 aromatic rings. The van der Waals surface area contributed by atoms with Crippen molar-refractivity contribution in [2.24, 2.45) is 0 Å². The van der Waals surface area contributed by atoms with E-state index in [9.17, 15) is 0 Å². The van der Waals surface area contributed by atoms with Crippen LogP contribution in [0.3, 0.4) is 0 Å². The van der Waals surface area contributed by atoms with Crippen LogP contribution in [0.5, 0.6) is 0 Å². The van der Waals surface area contributed by atoms with Crippen LogP contribution in [0.4, 0.5) is 17.1 Å². The van der Waals surface area contributed by atoms with E-state index >= 15 is 0 Å². The van der Waals surface area contributed by atoms with Crippen LogP contribution in [-0.4, -0.2) is 8.80 Å². The maximum absolute atomic E-state index is 6.52. The molecule has 0 bridgehead atoms. The summed E-state index contributed by atoms with van der Waals surface area (Å²) in [5.41, 5.74) is 12.7. The number of benzene rings is 8. The topological polar surface area (TPSA) is 25.2 Å². The Bertz CT molecular complexity index is 3530. The summed E-state index contributed by atoms with van der Waals surface area (Å²) in [5, 5.41) is 12.4. The molecule has 0 unspecified atom stereocenters. The Hall–Kier alpha value is -7.04. The first-order valence-electron chi connectivity index (χ1n) is 17.9. The van der Waals surface area contributed by atoms with Crippen molar-refractivity contribution in [1.82, 2.24) is 8.80 Å². The zero-order valence-electron chi connectivity index (χ0n) is 27.8. The minimum Gasteiger partial charge on any atom is -0.456 e. The lowest BCUT2D eigenvalue weighted by molar-refractivity contribution is 0.669. The molecule has 0 amide bonds. The smallest absolute Gasteiger partial charge is 0.136 e. The zero-order valence-corrected chi connectivity index (χ0v) is 27.8. The van der Waals surface area contributed by atoms with E-state index in [1.165, 1.54) is 81.9 Å². The number of nitrogens with zero attached hydrogens (tertiary/aromatic N) is 3. The quantitative estimate of drug-likeness (QED) is 0.188. The Morgan fingerprint density at radius 2 is 0.942 bits per heavy atom. The monoisotopic (exact) mass is 661 g/mol. The number of para-hydroxylation sites is 5. The second-order valence-electron chi connectivity index (χ2n) is 14.1. The number of fused-ring (bicyclic) bond motifs is 16. The van der Waals surface area contributed by atoms with Gasteiger partial charge in [-0.2, -0.15) is 0 Å². The van der Waals surface area contributed by atoms with Crippen molar-refractivity contribution in [2.45, 2.75) is 0 Å². The Morgan fingerprint density at radius 3 is 1.71 bits per heavy atom. The van der Waals surface area contributed by atoms with Crippen molar-refractivity contribution in [3.63, 3.8) is 0 Å². The van der Waals surface area contributed by atoms with Gasteiger partial charge in [0, 0.05) is 65.2 Å². The van der Waals surface area contributed by atoms with Crippen molar-refractivity contribution < 1.29 is 4.42 Å². The van der Waals surface area contributed by atoms with Crippen LogP contribution >= 0.6 is 0 Å². The fourth-order valence-electron chi connectivity index (χ4n) is 9.52. The lowest BCUT2D eigenvalue weighted by atomic mass is 9.99. The van der Waals surface area contributed by atoms with Crippen molar-refractivity contribution >= 4 is 115 Å². The van der Waals surface area contributed by atoms with Gasteiger partial charge in [0.05, 0.1) is 38.8 Å². The molecule has 5 heterocycles. The van der Waals surface area contributed by atoms with Crippen LogP contribution in [0.15, 0.2) is 168 Å². The van der Waals surface area contributed by atoms with E-state index in [1.54, 1.807) is 0 Å². The number of rotatable bonds is 3. The summed E-state index contributed by atoms with van der Waals surface area (Å²) in [6.45, 7) is 0. The first-order valence-corrected chi connectivity index (χ1v) is 17.9. The maximum atomic E-state index is 6.52. The normalized spacial score (nSPS) is 12.6. The molecule has 0 aliphatic carbocycles. The van der Waals surface area contributed by atoms with E-state index in [2.05, 4.69) is 171 Å². The Morgan fingerprint density at radius 1 is 0.346 bits per heavy atom. The molecule has 0 fully saturated rings. The third-order valence-electron chi connectivity index (χ3n) is 11.5. The fourth-order valence-corrected chi connectivity index (χ4v) is 9.52. The summed E-state index contributed by atoms with van der Waals surface area (Å²) in [6, 6.07) is 59.5. The number of hydrogen-bond donors (Lipinski definition) is 0. The predicted octanol–water partition coefficient (Wildman–Crippen LogP) is 13.4. The van der Waals surface area contributed by atoms with Gasteiger partial charge in [0.2, 0.25) is 0 Å². The van der Waals surface area contributed by atoms with Crippen LogP contribution in [0, 0.1) is 0 Å². The Balaban J connectivity index is 1.26. The summed E-state index contributed by atoms with van der Waals surface area (Å²) in [4.78, 5) is 2.41. The van der Waals surface area contributed by atoms with Crippen molar-refractivity contribution in [2.75, 3.05) is 4.90 Å².